The second kappa shape index (κ2) is 3.81. The van der Waals surface area contributed by atoms with Gasteiger partial charge in [-0.2, -0.15) is 12.8 Å². The Morgan fingerprint density at radius 1 is 1.00 bits per heavy atom. The summed E-state index contributed by atoms with van der Waals surface area (Å²) >= 11 is 0. The van der Waals surface area contributed by atoms with E-state index >= 15 is 0 Å². The Hall–Kier alpha value is 0.636. The maximum Gasteiger partial charge on any atom is 1.00 e. The first-order chi connectivity index (χ1) is 2.50. The molecule has 0 saturated heterocycles. The van der Waals surface area contributed by atoms with Crippen LogP contribution in [0.25, 0.3) is 0 Å². The second-order valence-corrected chi connectivity index (χ2v) is 1.57. The van der Waals surface area contributed by atoms with Gasteiger partial charge in [-0.25, -0.2) is 0 Å². The average molecular weight is 259 g/mol. The van der Waals surface area contributed by atoms with Crippen LogP contribution in [0.2, 0.25) is 0 Å². The van der Waals surface area contributed by atoms with Crippen LogP contribution in [0.15, 0.2) is 0 Å². The molecule has 0 aliphatic heterocycles. The minimum atomic E-state index is 0. The van der Waals surface area contributed by atoms with Crippen LogP contribution in [0, 0.1) is 6.42 Å². The molecule has 37 valence electrons. The molecule has 0 unspecified atom stereocenters. The van der Waals surface area contributed by atoms with Gasteiger partial charge in [0.2, 0.25) is 0 Å². The number of rotatable bonds is 0. The van der Waals surface area contributed by atoms with E-state index in [2.05, 4.69) is 6.42 Å². The van der Waals surface area contributed by atoms with E-state index in [9.17, 15) is 0 Å². The topological polar surface area (TPSA) is 0 Å². The third-order valence-corrected chi connectivity index (χ3v) is 1.07. The van der Waals surface area contributed by atoms with E-state index in [0.29, 0.717) is 0 Å². The standard InChI is InChI=1S/C5H9.Os/c1-2-4-5-3-1;/h1H,2-5H2;/q-1;+1. The van der Waals surface area contributed by atoms with E-state index in [1.165, 1.54) is 25.7 Å². The van der Waals surface area contributed by atoms with Crippen molar-refractivity contribution in [3.05, 3.63) is 6.42 Å². The van der Waals surface area contributed by atoms with Gasteiger partial charge in [0.25, 0.3) is 0 Å². The summed E-state index contributed by atoms with van der Waals surface area (Å²) in [6.07, 6.45) is 8.00. The molecule has 1 rings (SSSR count). The molecule has 1 radical (unpaired) electrons. The monoisotopic (exact) mass is 261 g/mol. The molecule has 0 heterocycles. The minimum Gasteiger partial charge on any atom is -0.328 e. The normalized spacial score (nSPS) is 20.0. The maximum atomic E-state index is 2.36. The Balaban J connectivity index is 0.000000250. The van der Waals surface area contributed by atoms with Crippen LogP contribution in [0.3, 0.4) is 0 Å². The third-order valence-electron chi connectivity index (χ3n) is 1.07. The van der Waals surface area contributed by atoms with E-state index in [-0.39, 0.29) is 19.8 Å². The molecule has 0 amide bonds. The van der Waals surface area contributed by atoms with E-state index in [1.807, 2.05) is 0 Å². The zero-order valence-corrected chi connectivity index (χ0v) is 6.30. The molecule has 1 heteroatoms. The van der Waals surface area contributed by atoms with Crippen LogP contribution < -0.4 is 0 Å². The molecule has 0 bridgehead atoms. The summed E-state index contributed by atoms with van der Waals surface area (Å²) in [5.41, 5.74) is 0. The van der Waals surface area contributed by atoms with Crippen LogP contribution in [0.1, 0.15) is 25.7 Å². The fourth-order valence-corrected chi connectivity index (χ4v) is 0.722. The van der Waals surface area contributed by atoms with Gasteiger partial charge in [0, 0.05) is 0 Å². The van der Waals surface area contributed by atoms with E-state index in [4.69, 9.17) is 0 Å². The summed E-state index contributed by atoms with van der Waals surface area (Å²) in [5, 5.41) is 0. The van der Waals surface area contributed by atoms with Crippen molar-refractivity contribution in [2.75, 3.05) is 0 Å². The van der Waals surface area contributed by atoms with Crippen molar-refractivity contribution >= 4 is 0 Å². The maximum absolute atomic E-state index is 2.36. The van der Waals surface area contributed by atoms with Gasteiger partial charge >= 0.3 is 19.8 Å². The summed E-state index contributed by atoms with van der Waals surface area (Å²) in [6, 6.07) is 0. The molecule has 1 fully saturated rings. The molecule has 0 aromatic rings. The van der Waals surface area contributed by atoms with Gasteiger partial charge in [-0.15, -0.1) is 0 Å². The van der Waals surface area contributed by atoms with Crippen LogP contribution in [-0.4, -0.2) is 0 Å². The molecular formula is C5H9Os. The molecular weight excluding hydrogens is 250 g/mol. The molecule has 0 N–H and O–H groups in total. The molecule has 0 aromatic heterocycles. The van der Waals surface area contributed by atoms with E-state index in [0.717, 1.165) is 0 Å². The summed E-state index contributed by atoms with van der Waals surface area (Å²) in [7, 11) is 0. The number of hydrogen-bond acceptors (Lipinski definition) is 0. The molecule has 0 spiro atoms. The van der Waals surface area contributed by atoms with Gasteiger partial charge < -0.3 is 6.42 Å². The molecule has 1 aliphatic carbocycles. The van der Waals surface area contributed by atoms with Crippen molar-refractivity contribution in [3.8, 4) is 0 Å². The van der Waals surface area contributed by atoms with Crippen LogP contribution in [0.5, 0.6) is 0 Å². The second-order valence-electron chi connectivity index (χ2n) is 1.57. The van der Waals surface area contributed by atoms with Crippen LogP contribution >= 0.6 is 0 Å². The minimum absolute atomic E-state index is 0. The third kappa shape index (κ3) is 1.93. The van der Waals surface area contributed by atoms with Crippen LogP contribution in [-0.2, 0) is 19.8 Å². The molecule has 0 aromatic carbocycles. The van der Waals surface area contributed by atoms with Gasteiger partial charge in [-0.3, -0.25) is 0 Å². The fourth-order valence-electron chi connectivity index (χ4n) is 0.722. The summed E-state index contributed by atoms with van der Waals surface area (Å²) in [5.74, 6) is 0. The van der Waals surface area contributed by atoms with Gasteiger partial charge in [-0.05, 0) is 0 Å². The van der Waals surface area contributed by atoms with Crippen molar-refractivity contribution in [1.29, 1.82) is 0 Å². The Morgan fingerprint density at radius 2 is 1.50 bits per heavy atom. The van der Waals surface area contributed by atoms with E-state index in [1.54, 1.807) is 0 Å². The zero-order valence-electron chi connectivity index (χ0n) is 3.76. The molecule has 6 heavy (non-hydrogen) atoms. The smallest absolute Gasteiger partial charge is 0.328 e. The Morgan fingerprint density at radius 3 is 1.67 bits per heavy atom. The predicted octanol–water partition coefficient (Wildman–Crippen LogP) is 1.76. The number of hydrogen-bond donors (Lipinski definition) is 0. The van der Waals surface area contributed by atoms with Crippen molar-refractivity contribution in [3.63, 3.8) is 0 Å². The first kappa shape index (κ1) is 6.64. The van der Waals surface area contributed by atoms with Gasteiger partial charge in [0.05, 0.1) is 0 Å². The molecule has 0 nitrogen and oxygen atoms in total. The predicted molar refractivity (Wildman–Crippen MR) is 22.8 cm³/mol. The fraction of sp³-hybridized carbons (Fsp3) is 0.800. The molecule has 1 aliphatic rings. The SMILES string of the molecule is [CH-]1CCCC1.[Os+]. The van der Waals surface area contributed by atoms with Crippen molar-refractivity contribution in [2.24, 2.45) is 0 Å². The van der Waals surface area contributed by atoms with Crippen molar-refractivity contribution in [1.82, 2.24) is 0 Å². The van der Waals surface area contributed by atoms with Gasteiger partial charge in [0.1, 0.15) is 0 Å². The Labute approximate surface area is 52.4 Å². The largest absolute Gasteiger partial charge is 1.00 e. The Kier molecular flexibility index (Phi) is 4.22. The Bertz CT molecular complexity index is 15.5. The van der Waals surface area contributed by atoms with Crippen molar-refractivity contribution in [2.45, 2.75) is 25.7 Å². The van der Waals surface area contributed by atoms with Crippen LogP contribution in [0.4, 0.5) is 0 Å². The average Bonchev–Trinajstić information content (AvgIpc) is 1.76. The van der Waals surface area contributed by atoms with Crippen molar-refractivity contribution < 1.29 is 19.8 Å². The first-order valence-electron chi connectivity index (χ1n) is 2.32. The first-order valence-corrected chi connectivity index (χ1v) is 2.32. The van der Waals surface area contributed by atoms with Gasteiger partial charge in [-0.1, -0.05) is 12.8 Å². The summed E-state index contributed by atoms with van der Waals surface area (Å²) in [4.78, 5) is 0. The zero-order chi connectivity index (χ0) is 3.54. The quantitative estimate of drug-likeness (QED) is 0.582. The molecule has 1 saturated carbocycles. The van der Waals surface area contributed by atoms with Gasteiger partial charge in [0.15, 0.2) is 0 Å². The summed E-state index contributed by atoms with van der Waals surface area (Å²) in [6.45, 7) is 0. The van der Waals surface area contributed by atoms with E-state index < -0.39 is 0 Å². The molecule has 0 atom stereocenters. The summed E-state index contributed by atoms with van der Waals surface area (Å²) < 4.78 is 0.